The number of hydrogen-bond donors (Lipinski definition) is 1. The van der Waals surface area contributed by atoms with Crippen molar-refractivity contribution >= 4 is 21.6 Å². The minimum atomic E-state index is -3.17. The van der Waals surface area contributed by atoms with Crippen molar-refractivity contribution < 1.29 is 13.2 Å². The predicted octanol–water partition coefficient (Wildman–Crippen LogP) is 2.78. The lowest BCUT2D eigenvalue weighted by atomic mass is 9.97. The minimum absolute atomic E-state index is 0.0471. The topological polar surface area (TPSA) is 69.7 Å². The lowest BCUT2D eigenvalue weighted by Gasteiger charge is -2.31. The Balaban J connectivity index is 1.77. The van der Waals surface area contributed by atoms with Crippen molar-refractivity contribution in [2.75, 3.05) is 43.4 Å². The molecule has 1 N–H and O–H groups in total. The summed E-state index contributed by atoms with van der Waals surface area (Å²) >= 11 is 0. The Kier molecular flexibility index (Phi) is 8.76. The van der Waals surface area contributed by atoms with Crippen LogP contribution in [0.15, 0.2) is 24.3 Å². The van der Waals surface area contributed by atoms with E-state index >= 15 is 0 Å². The van der Waals surface area contributed by atoms with E-state index < -0.39 is 10.0 Å². The van der Waals surface area contributed by atoms with Gasteiger partial charge >= 0.3 is 0 Å². The van der Waals surface area contributed by atoms with E-state index in [9.17, 15) is 13.2 Å². The second-order valence-electron chi connectivity index (χ2n) is 7.55. The van der Waals surface area contributed by atoms with Crippen LogP contribution < -0.4 is 10.2 Å². The highest BCUT2D eigenvalue weighted by atomic mass is 32.2. The molecule has 1 aliphatic rings. The molecule has 0 aromatic heterocycles. The summed E-state index contributed by atoms with van der Waals surface area (Å²) in [7, 11) is -3.17. The van der Waals surface area contributed by atoms with Gasteiger partial charge in [-0.15, -0.1) is 0 Å². The Hall–Kier alpha value is -1.60. The zero-order chi connectivity index (χ0) is 20.6. The molecular formula is C21H35N3O3S. The van der Waals surface area contributed by atoms with Gasteiger partial charge < -0.3 is 10.2 Å². The maximum Gasteiger partial charge on any atom is 0.223 e. The largest absolute Gasteiger partial charge is 0.370 e. The molecule has 158 valence electrons. The lowest BCUT2D eigenvalue weighted by Crippen LogP contribution is -2.44. The van der Waals surface area contributed by atoms with Gasteiger partial charge in [0.1, 0.15) is 0 Å². The average Bonchev–Trinajstić information content (AvgIpc) is 2.69. The maximum absolute atomic E-state index is 12.5. The molecule has 1 aliphatic heterocycles. The van der Waals surface area contributed by atoms with E-state index in [1.807, 2.05) is 13.0 Å². The fourth-order valence-electron chi connectivity index (χ4n) is 3.60. The van der Waals surface area contributed by atoms with Crippen LogP contribution in [0, 0.1) is 12.8 Å². The summed E-state index contributed by atoms with van der Waals surface area (Å²) in [5.74, 6) is 0.171. The first-order valence-electron chi connectivity index (χ1n) is 10.4. The van der Waals surface area contributed by atoms with E-state index in [0.29, 0.717) is 38.9 Å². The Morgan fingerprint density at radius 3 is 2.57 bits per heavy atom. The summed E-state index contributed by atoms with van der Waals surface area (Å²) in [5.41, 5.74) is 2.39. The first-order valence-corrected chi connectivity index (χ1v) is 12.1. The van der Waals surface area contributed by atoms with Gasteiger partial charge in [0.15, 0.2) is 0 Å². The third kappa shape index (κ3) is 6.48. The first-order chi connectivity index (χ1) is 13.4. The molecule has 0 saturated carbocycles. The van der Waals surface area contributed by atoms with Gasteiger partial charge in [-0.2, -0.15) is 0 Å². The van der Waals surface area contributed by atoms with Crippen LogP contribution in [0.25, 0.3) is 0 Å². The number of carbonyl (C=O) groups excluding carboxylic acids is 1. The first kappa shape index (κ1) is 22.7. The van der Waals surface area contributed by atoms with Crippen LogP contribution in [0.3, 0.4) is 0 Å². The molecule has 1 saturated heterocycles. The van der Waals surface area contributed by atoms with E-state index in [1.165, 1.54) is 11.3 Å². The number of amides is 1. The number of nitrogens with zero attached hydrogens (tertiary/aromatic N) is 2. The van der Waals surface area contributed by atoms with Gasteiger partial charge in [-0.05, 0) is 50.8 Å². The van der Waals surface area contributed by atoms with Crippen molar-refractivity contribution in [3.63, 3.8) is 0 Å². The van der Waals surface area contributed by atoms with Gasteiger partial charge in [0.2, 0.25) is 15.9 Å². The quantitative estimate of drug-likeness (QED) is 0.645. The number of carbonyl (C=O) groups is 1. The third-order valence-electron chi connectivity index (χ3n) is 5.40. The van der Waals surface area contributed by atoms with Gasteiger partial charge in [0.05, 0.1) is 5.75 Å². The predicted molar refractivity (Wildman–Crippen MR) is 115 cm³/mol. The highest BCUT2D eigenvalue weighted by Gasteiger charge is 2.30. The molecule has 1 heterocycles. The van der Waals surface area contributed by atoms with Crippen LogP contribution in [-0.2, 0) is 14.8 Å². The van der Waals surface area contributed by atoms with E-state index in [2.05, 4.69) is 42.3 Å². The second kappa shape index (κ2) is 10.8. The van der Waals surface area contributed by atoms with Crippen LogP contribution in [-0.4, -0.2) is 57.1 Å². The molecule has 0 aliphatic carbocycles. The average molecular weight is 410 g/mol. The van der Waals surface area contributed by atoms with E-state index in [-0.39, 0.29) is 17.6 Å². The molecular weight excluding hydrogens is 374 g/mol. The Labute approximate surface area is 170 Å². The van der Waals surface area contributed by atoms with E-state index in [0.717, 1.165) is 19.5 Å². The minimum Gasteiger partial charge on any atom is -0.370 e. The smallest absolute Gasteiger partial charge is 0.223 e. The summed E-state index contributed by atoms with van der Waals surface area (Å²) < 4.78 is 26.1. The molecule has 0 unspecified atom stereocenters. The number of hydrogen-bond acceptors (Lipinski definition) is 4. The molecule has 1 aromatic rings. The van der Waals surface area contributed by atoms with E-state index in [1.54, 1.807) is 4.31 Å². The molecule has 0 atom stereocenters. The van der Waals surface area contributed by atoms with Crippen LogP contribution >= 0.6 is 0 Å². The molecule has 0 spiro atoms. The second-order valence-corrected chi connectivity index (χ2v) is 9.64. The number of piperidine rings is 1. The van der Waals surface area contributed by atoms with Gasteiger partial charge in [0.25, 0.3) is 0 Å². The summed E-state index contributed by atoms with van der Waals surface area (Å²) in [6.45, 7) is 9.32. The van der Waals surface area contributed by atoms with Crippen molar-refractivity contribution in [2.45, 2.75) is 46.5 Å². The Morgan fingerprint density at radius 1 is 1.25 bits per heavy atom. The normalized spacial score (nSPS) is 16.1. The van der Waals surface area contributed by atoms with Crippen molar-refractivity contribution in [3.8, 4) is 0 Å². The molecule has 0 bridgehead atoms. The van der Waals surface area contributed by atoms with Crippen LogP contribution in [0.2, 0.25) is 0 Å². The zero-order valence-corrected chi connectivity index (χ0v) is 18.3. The molecule has 0 radical (unpaired) electrons. The molecule has 2 rings (SSSR count). The lowest BCUT2D eigenvalue weighted by molar-refractivity contribution is -0.126. The monoisotopic (exact) mass is 409 g/mol. The van der Waals surface area contributed by atoms with Gasteiger partial charge in [-0.25, -0.2) is 12.7 Å². The van der Waals surface area contributed by atoms with Crippen LogP contribution in [0.1, 0.15) is 45.1 Å². The molecule has 7 heteroatoms. The SMILES string of the molecule is CCCCS(=O)(=O)N1CCC(C(=O)NCCN(CC)c2cccc(C)c2)CC1. The molecule has 1 fully saturated rings. The molecule has 28 heavy (non-hydrogen) atoms. The number of anilines is 1. The number of benzene rings is 1. The van der Waals surface area contributed by atoms with Crippen LogP contribution in [0.5, 0.6) is 0 Å². The number of aryl methyl sites for hydroxylation is 1. The van der Waals surface area contributed by atoms with Crippen molar-refractivity contribution in [1.82, 2.24) is 9.62 Å². The standard InChI is InChI=1S/C21H35N3O3S/c1-4-6-16-28(26,27)24-13-10-19(11-14-24)21(25)22-12-15-23(5-2)20-9-7-8-18(3)17-20/h7-9,17,19H,4-6,10-16H2,1-3H3,(H,22,25). The van der Waals surface area contributed by atoms with Gasteiger partial charge in [-0.3, -0.25) is 4.79 Å². The summed E-state index contributed by atoms with van der Waals surface area (Å²) in [6.07, 6.45) is 2.77. The van der Waals surface area contributed by atoms with Gasteiger partial charge in [-0.1, -0.05) is 25.5 Å². The summed E-state index contributed by atoms with van der Waals surface area (Å²) in [5, 5.41) is 3.04. The van der Waals surface area contributed by atoms with Crippen molar-refractivity contribution in [1.29, 1.82) is 0 Å². The fourth-order valence-corrected chi connectivity index (χ4v) is 5.28. The molecule has 1 amide bonds. The number of likely N-dealkylation sites (N-methyl/N-ethyl adjacent to an activating group) is 1. The highest BCUT2D eigenvalue weighted by Crippen LogP contribution is 2.21. The molecule has 6 nitrogen and oxygen atoms in total. The molecule has 1 aromatic carbocycles. The van der Waals surface area contributed by atoms with E-state index in [4.69, 9.17) is 0 Å². The van der Waals surface area contributed by atoms with Crippen LogP contribution in [0.4, 0.5) is 5.69 Å². The Morgan fingerprint density at radius 2 is 1.96 bits per heavy atom. The number of unbranched alkanes of at least 4 members (excludes halogenated alkanes) is 1. The fraction of sp³-hybridized carbons (Fsp3) is 0.667. The third-order valence-corrected chi connectivity index (χ3v) is 7.36. The van der Waals surface area contributed by atoms with Crippen molar-refractivity contribution in [2.24, 2.45) is 5.92 Å². The number of nitrogens with one attached hydrogen (secondary N) is 1. The summed E-state index contributed by atoms with van der Waals surface area (Å²) in [6, 6.07) is 8.37. The Bertz CT molecular complexity index is 728. The number of sulfonamides is 1. The number of rotatable bonds is 10. The zero-order valence-electron chi connectivity index (χ0n) is 17.5. The van der Waals surface area contributed by atoms with Gasteiger partial charge in [0, 0.05) is 44.3 Å². The highest BCUT2D eigenvalue weighted by molar-refractivity contribution is 7.89. The maximum atomic E-state index is 12.5. The van der Waals surface area contributed by atoms with Crippen molar-refractivity contribution in [3.05, 3.63) is 29.8 Å². The summed E-state index contributed by atoms with van der Waals surface area (Å²) in [4.78, 5) is 14.7.